The number of amides is 1. The highest BCUT2D eigenvalue weighted by molar-refractivity contribution is 5.65. The highest BCUT2D eigenvalue weighted by Gasteiger charge is 2.34. The molecule has 0 spiro atoms. The molecule has 0 atom stereocenters. The monoisotopic (exact) mass is 279 g/mol. The van der Waals surface area contributed by atoms with Crippen molar-refractivity contribution in [3.8, 4) is 0 Å². The predicted molar refractivity (Wildman–Crippen MR) is 78.1 cm³/mol. The van der Waals surface area contributed by atoms with E-state index in [1.54, 1.807) is 0 Å². The van der Waals surface area contributed by atoms with Crippen molar-refractivity contribution in [2.24, 2.45) is 0 Å². The molecule has 1 aliphatic rings. The molecule has 20 heavy (non-hydrogen) atoms. The van der Waals surface area contributed by atoms with Crippen LogP contribution in [-0.2, 0) is 23.9 Å². The van der Waals surface area contributed by atoms with E-state index in [0.717, 1.165) is 17.7 Å². The Morgan fingerprint density at radius 3 is 2.25 bits per heavy atom. The minimum absolute atomic E-state index is 0.0813. The van der Waals surface area contributed by atoms with Gasteiger partial charge in [0.2, 0.25) is 0 Å². The van der Waals surface area contributed by atoms with E-state index >= 15 is 0 Å². The second kappa shape index (κ2) is 4.50. The van der Waals surface area contributed by atoms with Gasteiger partial charge in [-0.15, -0.1) is 0 Å². The first-order valence-electron chi connectivity index (χ1n) is 7.11. The molecule has 2 rings (SSSR count). The summed E-state index contributed by atoms with van der Waals surface area (Å²) < 4.78 is 2.09. The molecule has 0 saturated heterocycles. The van der Waals surface area contributed by atoms with E-state index in [1.165, 1.54) is 10.6 Å². The molecule has 0 bridgehead atoms. The molecule has 2 heterocycles. The number of fused-ring (bicyclic) bond motifs is 1. The maximum atomic E-state index is 11.2. The molecule has 0 aliphatic carbocycles. The molecule has 112 valence electrons. The fraction of sp³-hybridized carbons (Fsp3) is 0.733. The maximum absolute atomic E-state index is 11.2. The average molecular weight is 279 g/mol. The van der Waals surface area contributed by atoms with Crippen LogP contribution in [-0.4, -0.2) is 32.4 Å². The summed E-state index contributed by atoms with van der Waals surface area (Å²) in [5, 5.41) is 14.0. The third kappa shape index (κ3) is 2.53. The molecule has 5 nitrogen and oxygen atoms in total. The third-order valence-corrected chi connectivity index (χ3v) is 3.67. The van der Waals surface area contributed by atoms with Gasteiger partial charge in [0.15, 0.2) is 0 Å². The van der Waals surface area contributed by atoms with Crippen molar-refractivity contribution >= 4 is 6.09 Å². The van der Waals surface area contributed by atoms with Gasteiger partial charge >= 0.3 is 6.09 Å². The summed E-state index contributed by atoms with van der Waals surface area (Å²) in [4.78, 5) is 12.7. The Hall–Kier alpha value is -1.52. The molecular formula is C15H25N3O2. The van der Waals surface area contributed by atoms with E-state index in [0.29, 0.717) is 13.1 Å². The van der Waals surface area contributed by atoms with Crippen molar-refractivity contribution in [3.05, 3.63) is 17.0 Å². The van der Waals surface area contributed by atoms with Crippen molar-refractivity contribution in [1.82, 2.24) is 14.7 Å². The summed E-state index contributed by atoms with van der Waals surface area (Å²) in [5.74, 6) is 0. The zero-order chi connectivity index (χ0) is 15.3. The van der Waals surface area contributed by atoms with Crippen molar-refractivity contribution in [3.63, 3.8) is 0 Å². The third-order valence-electron chi connectivity index (χ3n) is 3.67. The lowest BCUT2D eigenvalue weighted by Gasteiger charge is -2.29. The van der Waals surface area contributed by atoms with Gasteiger partial charge in [-0.2, -0.15) is 5.10 Å². The van der Waals surface area contributed by atoms with E-state index in [4.69, 9.17) is 5.10 Å². The number of carboxylic acid groups (broad SMARTS) is 1. The smallest absolute Gasteiger partial charge is 0.407 e. The topological polar surface area (TPSA) is 58.4 Å². The summed E-state index contributed by atoms with van der Waals surface area (Å²) in [6.45, 7) is 13.8. The highest BCUT2D eigenvalue weighted by atomic mass is 16.4. The second-order valence-corrected chi connectivity index (χ2v) is 7.56. The van der Waals surface area contributed by atoms with Crippen molar-refractivity contribution in [2.75, 3.05) is 6.54 Å². The fourth-order valence-electron chi connectivity index (χ4n) is 2.74. The molecule has 1 amide bonds. The standard InChI is InChI=1S/C15H25N3O2/c1-14(2,3)12-10-9-17(13(19)20)8-7-11(10)18(16-12)15(4,5)6/h7-9H2,1-6H3,(H,19,20). The molecule has 0 aromatic carbocycles. The van der Waals surface area contributed by atoms with Gasteiger partial charge in [-0.25, -0.2) is 4.79 Å². The first-order chi connectivity index (χ1) is 9.01. The van der Waals surface area contributed by atoms with Gasteiger partial charge in [0.1, 0.15) is 0 Å². The van der Waals surface area contributed by atoms with Gasteiger partial charge in [-0.3, -0.25) is 4.68 Å². The zero-order valence-electron chi connectivity index (χ0n) is 13.3. The van der Waals surface area contributed by atoms with Gasteiger partial charge in [0, 0.05) is 29.6 Å². The largest absolute Gasteiger partial charge is 0.465 e. The maximum Gasteiger partial charge on any atom is 0.407 e. The molecule has 1 aliphatic heterocycles. The summed E-state index contributed by atoms with van der Waals surface area (Å²) in [6, 6.07) is 0. The minimum atomic E-state index is -0.848. The molecule has 1 aromatic heterocycles. The first-order valence-corrected chi connectivity index (χ1v) is 7.11. The lowest BCUT2D eigenvalue weighted by Crippen LogP contribution is -2.37. The lowest BCUT2D eigenvalue weighted by atomic mass is 9.87. The van der Waals surface area contributed by atoms with Crippen molar-refractivity contribution in [2.45, 2.75) is 65.5 Å². The number of hydrogen-bond acceptors (Lipinski definition) is 2. The van der Waals surface area contributed by atoms with Gasteiger partial charge in [0.05, 0.1) is 17.8 Å². The molecule has 1 N–H and O–H groups in total. The van der Waals surface area contributed by atoms with Crippen LogP contribution < -0.4 is 0 Å². The Balaban J connectivity index is 2.56. The summed E-state index contributed by atoms with van der Waals surface area (Å²) in [5.41, 5.74) is 3.15. The van der Waals surface area contributed by atoms with Crippen LogP contribution in [0.25, 0.3) is 0 Å². The van der Waals surface area contributed by atoms with Crippen molar-refractivity contribution < 1.29 is 9.90 Å². The van der Waals surface area contributed by atoms with Crippen molar-refractivity contribution in [1.29, 1.82) is 0 Å². The first kappa shape index (κ1) is 14.9. The van der Waals surface area contributed by atoms with Crippen LogP contribution in [0.1, 0.15) is 58.5 Å². The van der Waals surface area contributed by atoms with Crippen LogP contribution in [0.4, 0.5) is 4.79 Å². The second-order valence-electron chi connectivity index (χ2n) is 7.56. The molecule has 0 unspecified atom stereocenters. The summed E-state index contributed by atoms with van der Waals surface area (Å²) in [7, 11) is 0. The fourth-order valence-corrected chi connectivity index (χ4v) is 2.74. The Bertz CT molecular complexity index is 533. The number of hydrogen-bond donors (Lipinski definition) is 1. The zero-order valence-corrected chi connectivity index (χ0v) is 13.3. The number of carbonyl (C=O) groups is 1. The van der Waals surface area contributed by atoms with E-state index in [2.05, 4.69) is 46.2 Å². The SMILES string of the molecule is CC(C)(C)c1nn(C(C)(C)C)c2c1CN(C(=O)O)CC2. The Morgan fingerprint density at radius 2 is 1.80 bits per heavy atom. The quantitative estimate of drug-likeness (QED) is 0.794. The normalized spacial score (nSPS) is 16.2. The van der Waals surface area contributed by atoms with Crippen LogP contribution in [0.2, 0.25) is 0 Å². The van der Waals surface area contributed by atoms with Gasteiger partial charge in [-0.1, -0.05) is 20.8 Å². The van der Waals surface area contributed by atoms with Crippen LogP contribution in [0.3, 0.4) is 0 Å². The molecule has 0 radical (unpaired) electrons. The summed E-state index contributed by atoms with van der Waals surface area (Å²) >= 11 is 0. The molecule has 0 fully saturated rings. The molecule has 5 heteroatoms. The van der Waals surface area contributed by atoms with Gasteiger partial charge < -0.3 is 10.0 Å². The van der Waals surface area contributed by atoms with E-state index in [1.807, 2.05) is 0 Å². The van der Waals surface area contributed by atoms with Crippen LogP contribution >= 0.6 is 0 Å². The lowest BCUT2D eigenvalue weighted by molar-refractivity contribution is 0.138. The van der Waals surface area contributed by atoms with Crippen LogP contribution in [0, 0.1) is 0 Å². The minimum Gasteiger partial charge on any atom is -0.465 e. The number of nitrogens with zero attached hydrogens (tertiary/aromatic N) is 3. The van der Waals surface area contributed by atoms with Crippen LogP contribution in [0.5, 0.6) is 0 Å². The van der Waals surface area contributed by atoms with Gasteiger partial charge in [0.25, 0.3) is 0 Å². The molecular weight excluding hydrogens is 254 g/mol. The van der Waals surface area contributed by atoms with Crippen LogP contribution in [0.15, 0.2) is 0 Å². The number of rotatable bonds is 0. The molecule has 1 aromatic rings. The van der Waals surface area contributed by atoms with Gasteiger partial charge in [-0.05, 0) is 20.8 Å². The Kier molecular flexibility index (Phi) is 3.35. The van der Waals surface area contributed by atoms with E-state index in [9.17, 15) is 9.90 Å². The molecule has 0 saturated carbocycles. The average Bonchev–Trinajstić information content (AvgIpc) is 2.65. The number of aromatic nitrogens is 2. The summed E-state index contributed by atoms with van der Waals surface area (Å²) in [6.07, 6.45) is -0.110. The van der Waals surface area contributed by atoms with E-state index < -0.39 is 6.09 Å². The van der Waals surface area contributed by atoms with E-state index in [-0.39, 0.29) is 11.0 Å². The Morgan fingerprint density at radius 1 is 1.20 bits per heavy atom. The predicted octanol–water partition coefficient (Wildman–Crippen LogP) is 2.97. The Labute approximate surface area is 120 Å². The highest BCUT2D eigenvalue weighted by Crippen LogP contribution is 2.33.